The minimum atomic E-state index is -0.801. The second-order valence-corrected chi connectivity index (χ2v) is 10.5. The maximum Gasteiger partial charge on any atom is 0.257 e. The number of hydrogen-bond acceptors (Lipinski definition) is 6. The van der Waals surface area contributed by atoms with Crippen LogP contribution in [0.3, 0.4) is 0 Å². The number of pyridine rings is 1. The maximum absolute atomic E-state index is 13.7. The largest absolute Gasteiger partial charge is 0.326 e. The molecule has 2 aliphatic rings. The van der Waals surface area contributed by atoms with Crippen molar-refractivity contribution < 1.29 is 14.4 Å². The Morgan fingerprint density at radius 2 is 1.86 bits per heavy atom. The smallest absolute Gasteiger partial charge is 0.257 e. The fraction of sp³-hybridized carbons (Fsp3) is 0.464. The van der Waals surface area contributed by atoms with Crippen LogP contribution >= 0.6 is 11.8 Å². The topological polar surface area (TPSA) is 94.4 Å². The van der Waals surface area contributed by atoms with E-state index in [2.05, 4.69) is 18.0 Å². The average molecular weight is 505 g/mol. The molecule has 1 saturated carbocycles. The van der Waals surface area contributed by atoms with Gasteiger partial charge in [-0.1, -0.05) is 62.1 Å². The van der Waals surface area contributed by atoms with Gasteiger partial charge in [0.05, 0.1) is 23.4 Å². The summed E-state index contributed by atoms with van der Waals surface area (Å²) in [5.41, 5.74) is 2.91. The molecule has 1 aromatic heterocycles. The van der Waals surface area contributed by atoms with Gasteiger partial charge in [-0.05, 0) is 50.5 Å². The van der Waals surface area contributed by atoms with Crippen LogP contribution in [0.1, 0.15) is 68.7 Å². The Morgan fingerprint density at radius 3 is 2.53 bits per heavy atom. The van der Waals surface area contributed by atoms with Crippen molar-refractivity contribution in [2.45, 2.75) is 82.3 Å². The first-order valence-electron chi connectivity index (χ1n) is 12.7. The third-order valence-corrected chi connectivity index (χ3v) is 7.86. The second kappa shape index (κ2) is 11.7. The first kappa shape index (κ1) is 25.9. The van der Waals surface area contributed by atoms with Crippen molar-refractivity contribution in [3.05, 3.63) is 53.2 Å². The van der Waals surface area contributed by atoms with Gasteiger partial charge in [0.15, 0.2) is 0 Å². The van der Waals surface area contributed by atoms with Crippen molar-refractivity contribution in [3.63, 3.8) is 0 Å². The highest BCUT2D eigenvalue weighted by Gasteiger charge is 2.46. The Bertz CT molecular complexity index is 1170. The predicted octanol–water partition coefficient (Wildman–Crippen LogP) is 4.80. The molecular formula is C28H32N4O3S. The molecule has 1 aliphatic heterocycles. The van der Waals surface area contributed by atoms with E-state index >= 15 is 0 Å². The van der Waals surface area contributed by atoms with Gasteiger partial charge in [0, 0.05) is 11.7 Å². The summed E-state index contributed by atoms with van der Waals surface area (Å²) in [5.74, 6) is -0.740. The van der Waals surface area contributed by atoms with E-state index < -0.39 is 6.04 Å². The average Bonchev–Trinajstić information content (AvgIpc) is 3.17. The number of thioether (sulfide) groups is 1. The SMILES string of the molecule is CCCc1ccc(C#N)c(SCC(=O)N(C2CCCCC2)C2CC(=O)N(c3ccc(C)cc3)C2=O)n1. The van der Waals surface area contributed by atoms with E-state index in [1.165, 1.54) is 16.7 Å². The molecule has 1 saturated heterocycles. The number of amides is 3. The van der Waals surface area contributed by atoms with Crippen LogP contribution in [0.5, 0.6) is 0 Å². The number of rotatable bonds is 8. The Morgan fingerprint density at radius 1 is 1.14 bits per heavy atom. The standard InChI is InChI=1S/C28H32N4O3S/c1-3-7-21-13-12-20(17-29)27(30-21)36-18-26(34)31(22-8-5-4-6-9-22)24-16-25(33)32(28(24)35)23-14-10-19(2)11-15-23/h10-15,22,24H,3-9,16,18H2,1-2H3. The molecule has 0 radical (unpaired) electrons. The van der Waals surface area contributed by atoms with E-state index in [-0.39, 0.29) is 35.9 Å². The maximum atomic E-state index is 13.7. The first-order chi connectivity index (χ1) is 17.4. The molecule has 36 heavy (non-hydrogen) atoms. The molecule has 2 aromatic rings. The van der Waals surface area contributed by atoms with Crippen molar-refractivity contribution in [2.24, 2.45) is 0 Å². The van der Waals surface area contributed by atoms with E-state index in [0.29, 0.717) is 16.3 Å². The molecule has 1 atom stereocenters. The van der Waals surface area contributed by atoms with Crippen LogP contribution in [0.4, 0.5) is 5.69 Å². The van der Waals surface area contributed by atoms with E-state index in [9.17, 15) is 19.6 Å². The van der Waals surface area contributed by atoms with Crippen molar-refractivity contribution >= 4 is 35.2 Å². The third-order valence-electron chi connectivity index (χ3n) is 6.88. The molecule has 7 nitrogen and oxygen atoms in total. The molecule has 1 unspecified atom stereocenters. The molecule has 2 heterocycles. The normalized spacial score (nSPS) is 18.4. The predicted molar refractivity (Wildman–Crippen MR) is 139 cm³/mol. The van der Waals surface area contributed by atoms with E-state index in [1.54, 1.807) is 23.1 Å². The molecule has 8 heteroatoms. The lowest BCUT2D eigenvalue weighted by molar-refractivity contribution is -0.139. The van der Waals surface area contributed by atoms with Crippen LogP contribution in [0, 0.1) is 18.3 Å². The lowest BCUT2D eigenvalue weighted by Crippen LogP contribution is -2.52. The summed E-state index contributed by atoms with van der Waals surface area (Å²) in [6, 6.07) is 12.2. The third kappa shape index (κ3) is 5.62. The fourth-order valence-electron chi connectivity index (χ4n) is 5.06. The van der Waals surface area contributed by atoms with Gasteiger partial charge in [0.1, 0.15) is 17.1 Å². The number of aryl methyl sites for hydroxylation is 2. The second-order valence-electron chi connectivity index (χ2n) is 9.52. The van der Waals surface area contributed by atoms with E-state index in [4.69, 9.17) is 0 Å². The molecule has 0 spiro atoms. The van der Waals surface area contributed by atoms with E-state index in [0.717, 1.165) is 56.2 Å². The number of imide groups is 1. The number of benzene rings is 1. The van der Waals surface area contributed by atoms with Crippen LogP contribution < -0.4 is 4.90 Å². The van der Waals surface area contributed by atoms with Crippen LogP contribution in [0.2, 0.25) is 0 Å². The number of nitrogens with zero attached hydrogens (tertiary/aromatic N) is 4. The lowest BCUT2D eigenvalue weighted by atomic mass is 9.92. The van der Waals surface area contributed by atoms with Gasteiger partial charge in [-0.2, -0.15) is 5.26 Å². The van der Waals surface area contributed by atoms with Gasteiger partial charge in [0.25, 0.3) is 5.91 Å². The summed E-state index contributed by atoms with van der Waals surface area (Å²) in [6.45, 7) is 4.02. The number of carbonyl (C=O) groups is 3. The van der Waals surface area contributed by atoms with Gasteiger partial charge in [-0.3, -0.25) is 14.4 Å². The highest BCUT2D eigenvalue weighted by molar-refractivity contribution is 8.00. The molecule has 1 aliphatic carbocycles. The number of anilines is 1. The lowest BCUT2D eigenvalue weighted by Gasteiger charge is -2.37. The zero-order chi connectivity index (χ0) is 25.7. The summed E-state index contributed by atoms with van der Waals surface area (Å²) < 4.78 is 0. The quantitative estimate of drug-likeness (QED) is 0.379. The molecular weight excluding hydrogens is 472 g/mol. The van der Waals surface area contributed by atoms with Crippen LogP contribution in [0.15, 0.2) is 41.4 Å². The summed E-state index contributed by atoms with van der Waals surface area (Å²) in [6.07, 6.45) is 6.49. The van der Waals surface area contributed by atoms with Crippen molar-refractivity contribution in [3.8, 4) is 6.07 Å². The zero-order valence-corrected chi connectivity index (χ0v) is 21.7. The van der Waals surface area contributed by atoms with E-state index in [1.807, 2.05) is 25.1 Å². The van der Waals surface area contributed by atoms with Crippen molar-refractivity contribution in [2.75, 3.05) is 10.7 Å². The molecule has 2 fully saturated rings. The summed E-state index contributed by atoms with van der Waals surface area (Å²) in [4.78, 5) is 47.7. The molecule has 0 bridgehead atoms. The van der Waals surface area contributed by atoms with Crippen LogP contribution in [-0.2, 0) is 20.8 Å². The number of hydrogen-bond donors (Lipinski definition) is 0. The molecule has 1 aromatic carbocycles. The Labute approximate surface area is 216 Å². The summed E-state index contributed by atoms with van der Waals surface area (Å²) >= 11 is 1.24. The zero-order valence-electron chi connectivity index (χ0n) is 20.9. The fourth-order valence-corrected chi connectivity index (χ4v) is 5.92. The van der Waals surface area contributed by atoms with Crippen molar-refractivity contribution in [1.29, 1.82) is 5.26 Å². The van der Waals surface area contributed by atoms with Gasteiger partial charge >= 0.3 is 0 Å². The number of aromatic nitrogens is 1. The Balaban J connectivity index is 1.57. The van der Waals surface area contributed by atoms with Crippen LogP contribution in [-0.4, -0.2) is 45.4 Å². The number of nitriles is 1. The monoisotopic (exact) mass is 504 g/mol. The summed E-state index contributed by atoms with van der Waals surface area (Å²) in [7, 11) is 0. The van der Waals surface area contributed by atoms with Gasteiger partial charge in [-0.15, -0.1) is 0 Å². The summed E-state index contributed by atoms with van der Waals surface area (Å²) in [5, 5.41) is 10.1. The molecule has 4 rings (SSSR count). The molecule has 3 amide bonds. The highest BCUT2D eigenvalue weighted by Crippen LogP contribution is 2.32. The molecule has 0 N–H and O–H groups in total. The highest BCUT2D eigenvalue weighted by atomic mass is 32.2. The van der Waals surface area contributed by atoms with Gasteiger partial charge in [0.2, 0.25) is 11.8 Å². The van der Waals surface area contributed by atoms with Crippen LogP contribution in [0.25, 0.3) is 0 Å². The minimum absolute atomic E-state index is 0.00665. The van der Waals surface area contributed by atoms with Gasteiger partial charge in [-0.25, -0.2) is 9.88 Å². The van der Waals surface area contributed by atoms with Crippen molar-refractivity contribution in [1.82, 2.24) is 9.88 Å². The minimum Gasteiger partial charge on any atom is -0.326 e. The Hall–Kier alpha value is -3.18. The van der Waals surface area contributed by atoms with Gasteiger partial charge < -0.3 is 4.90 Å². The number of carbonyl (C=O) groups excluding carboxylic acids is 3. The molecule has 188 valence electrons. The Kier molecular flexibility index (Phi) is 8.42. The first-order valence-corrected chi connectivity index (χ1v) is 13.7.